The Balaban J connectivity index is 1.81. The number of hydrogen-bond donors (Lipinski definition) is 2. The van der Waals surface area contributed by atoms with Gasteiger partial charge in [0.1, 0.15) is 23.9 Å². The van der Waals surface area contributed by atoms with Gasteiger partial charge in [0.15, 0.2) is 17.7 Å². The minimum absolute atomic E-state index is 0.0777. The Labute approximate surface area is 308 Å². The number of alkyl carbamates (subject to hydrolysis) is 1. The van der Waals surface area contributed by atoms with Gasteiger partial charge in [-0.25, -0.2) is 4.79 Å². The summed E-state index contributed by atoms with van der Waals surface area (Å²) in [4.78, 5) is 61.4. The summed E-state index contributed by atoms with van der Waals surface area (Å²) in [5, 5.41) is 14.3. The molecule has 3 aliphatic rings. The van der Waals surface area contributed by atoms with Gasteiger partial charge in [0, 0.05) is 36.2 Å². The van der Waals surface area contributed by atoms with E-state index in [9.17, 15) is 24.3 Å². The van der Waals surface area contributed by atoms with Crippen LogP contribution in [-0.2, 0) is 38.1 Å². The third-order valence-electron chi connectivity index (χ3n) is 11.1. The summed E-state index contributed by atoms with van der Waals surface area (Å²) in [6.45, 7) is 14.0. The number of ether oxygens (including phenoxy) is 5. The summed E-state index contributed by atoms with van der Waals surface area (Å²) in [6, 6.07) is 2.61. The Morgan fingerprint density at radius 1 is 1.08 bits per heavy atom. The van der Waals surface area contributed by atoms with Crippen molar-refractivity contribution in [2.45, 2.75) is 135 Å². The molecule has 1 aromatic heterocycles. The topological polar surface area (TPSA) is 163 Å². The van der Waals surface area contributed by atoms with Crippen LogP contribution in [0.25, 0.3) is 6.08 Å². The molecule has 0 saturated carbocycles. The van der Waals surface area contributed by atoms with Gasteiger partial charge in [-0.2, -0.15) is 0 Å². The summed E-state index contributed by atoms with van der Waals surface area (Å²) in [7, 11) is 3.74. The second-order valence-corrected chi connectivity index (χ2v) is 15.6. The van der Waals surface area contributed by atoms with Crippen molar-refractivity contribution < 1.29 is 48.0 Å². The third kappa shape index (κ3) is 9.10. The van der Waals surface area contributed by atoms with Gasteiger partial charge in [0.05, 0.1) is 30.5 Å². The van der Waals surface area contributed by atoms with Gasteiger partial charge in [-0.3, -0.25) is 19.4 Å². The molecule has 0 aliphatic carbocycles. The number of pyridine rings is 1. The third-order valence-corrected chi connectivity index (χ3v) is 11.1. The molecule has 3 fully saturated rings. The van der Waals surface area contributed by atoms with Gasteiger partial charge in [-0.05, 0) is 72.7 Å². The van der Waals surface area contributed by atoms with E-state index in [4.69, 9.17) is 23.7 Å². The van der Waals surface area contributed by atoms with Crippen molar-refractivity contribution in [3.05, 3.63) is 36.2 Å². The first-order chi connectivity index (χ1) is 24.4. The highest BCUT2D eigenvalue weighted by molar-refractivity contribution is 6.00. The number of hydrogen-bond acceptors (Lipinski definition) is 12. The van der Waals surface area contributed by atoms with Gasteiger partial charge in [-0.1, -0.05) is 52.3 Å². The first-order valence-electron chi connectivity index (χ1n) is 18.6. The highest BCUT2D eigenvalue weighted by Gasteiger charge is 2.57. The van der Waals surface area contributed by atoms with Crippen LogP contribution < -0.4 is 5.32 Å². The van der Waals surface area contributed by atoms with Crippen LogP contribution in [0.4, 0.5) is 4.79 Å². The van der Waals surface area contributed by atoms with Crippen molar-refractivity contribution in [2.75, 3.05) is 20.7 Å². The Bertz CT molecular complexity index is 1440. The lowest BCUT2D eigenvalue weighted by Gasteiger charge is -2.47. The quantitative estimate of drug-likeness (QED) is 0.274. The fraction of sp³-hybridized carbons (Fsp3) is 0.718. The molecule has 3 aliphatic heterocycles. The lowest BCUT2D eigenvalue weighted by atomic mass is 9.73. The Hall–Kier alpha value is -3.23. The van der Waals surface area contributed by atoms with Crippen LogP contribution in [0.5, 0.6) is 0 Å². The van der Waals surface area contributed by atoms with Crippen molar-refractivity contribution in [3.8, 4) is 0 Å². The summed E-state index contributed by atoms with van der Waals surface area (Å²) < 4.78 is 31.4. The normalized spacial score (nSPS) is 39.5. The zero-order valence-electron chi connectivity index (χ0n) is 32.4. The molecule has 290 valence electrons. The lowest BCUT2D eigenvalue weighted by molar-refractivity contribution is -0.296. The van der Waals surface area contributed by atoms with E-state index in [2.05, 4.69) is 10.3 Å². The summed E-state index contributed by atoms with van der Waals surface area (Å²) in [5.41, 5.74) is -1.85. The first-order valence-corrected chi connectivity index (χ1v) is 18.6. The molecule has 13 heteroatoms. The highest BCUT2D eigenvalue weighted by Crippen LogP contribution is 2.40. The number of carbonyl (C=O) groups excluding carboxylic acids is 4. The molecule has 0 radical (unpaired) electrons. The Morgan fingerprint density at radius 2 is 1.79 bits per heavy atom. The summed E-state index contributed by atoms with van der Waals surface area (Å²) in [5.74, 6) is -5.05. The summed E-state index contributed by atoms with van der Waals surface area (Å²) in [6.07, 6.45) is 3.44. The molecule has 4 heterocycles. The van der Waals surface area contributed by atoms with E-state index in [1.165, 1.54) is 6.92 Å². The van der Waals surface area contributed by atoms with Crippen LogP contribution in [0.15, 0.2) is 30.6 Å². The van der Waals surface area contributed by atoms with E-state index in [1.807, 2.05) is 57.1 Å². The number of aliphatic hydroxyl groups excluding tert-OH is 1. The number of aromatic nitrogens is 1. The summed E-state index contributed by atoms with van der Waals surface area (Å²) >= 11 is 0. The van der Waals surface area contributed by atoms with Crippen LogP contribution in [0.1, 0.15) is 86.6 Å². The molecule has 52 heavy (non-hydrogen) atoms. The van der Waals surface area contributed by atoms with E-state index in [0.717, 1.165) is 5.56 Å². The Morgan fingerprint density at radius 3 is 2.42 bits per heavy atom. The molecule has 0 spiro atoms. The van der Waals surface area contributed by atoms with Crippen molar-refractivity contribution >= 4 is 29.7 Å². The predicted octanol–water partition coefficient (Wildman–Crippen LogP) is 4.35. The molecule has 13 nitrogen and oxygen atoms in total. The maximum atomic E-state index is 14.4. The molecule has 0 bridgehead atoms. The number of esters is 1. The van der Waals surface area contributed by atoms with Crippen molar-refractivity contribution in [1.29, 1.82) is 0 Å². The number of nitrogens with one attached hydrogen (secondary N) is 1. The molecule has 3 saturated heterocycles. The van der Waals surface area contributed by atoms with Crippen LogP contribution in [0, 0.1) is 23.7 Å². The van der Waals surface area contributed by atoms with E-state index >= 15 is 0 Å². The minimum atomic E-state index is -1.37. The monoisotopic (exact) mass is 729 g/mol. The number of aliphatic hydroxyl groups is 1. The molecule has 2 N–H and O–H groups in total. The fourth-order valence-corrected chi connectivity index (χ4v) is 8.14. The van der Waals surface area contributed by atoms with Gasteiger partial charge < -0.3 is 39.0 Å². The predicted molar refractivity (Wildman–Crippen MR) is 193 cm³/mol. The number of ketones is 2. The molecule has 1 unspecified atom stereocenters. The van der Waals surface area contributed by atoms with E-state index in [0.29, 0.717) is 19.3 Å². The molecule has 1 amide bonds. The van der Waals surface area contributed by atoms with Crippen LogP contribution >= 0.6 is 0 Å². The number of Topliss-reactive ketones (excluding diaryl/α,β-unsaturated/α-hetero) is 2. The smallest absolute Gasteiger partial charge is 0.408 e. The minimum Gasteiger partial charge on any atom is -0.457 e. The van der Waals surface area contributed by atoms with Gasteiger partial charge in [0.2, 0.25) is 0 Å². The number of nitrogens with zero attached hydrogens (tertiary/aromatic N) is 2. The largest absolute Gasteiger partial charge is 0.457 e. The molecule has 13 atom stereocenters. The fourth-order valence-electron chi connectivity index (χ4n) is 8.14. The van der Waals surface area contributed by atoms with Crippen molar-refractivity contribution in [2.24, 2.45) is 23.7 Å². The molecule has 4 rings (SSSR count). The molecular weight excluding hydrogens is 670 g/mol. The highest BCUT2D eigenvalue weighted by atomic mass is 16.7. The van der Waals surface area contributed by atoms with Crippen LogP contribution in [-0.4, -0.2) is 113 Å². The van der Waals surface area contributed by atoms with Crippen molar-refractivity contribution in [3.63, 3.8) is 0 Å². The number of carbonyl (C=O) groups is 4. The maximum Gasteiger partial charge on any atom is 0.408 e. The number of likely N-dealkylation sites (N-methyl/N-ethyl adjacent to an activating group) is 1. The van der Waals surface area contributed by atoms with E-state index in [1.54, 1.807) is 47.0 Å². The van der Waals surface area contributed by atoms with Gasteiger partial charge in [-0.15, -0.1) is 0 Å². The lowest BCUT2D eigenvalue weighted by Crippen LogP contribution is -2.60. The Kier molecular flexibility index (Phi) is 13.8. The first kappa shape index (κ1) is 41.5. The number of fused-ring (bicyclic) bond motifs is 1. The maximum absolute atomic E-state index is 14.4. The van der Waals surface area contributed by atoms with Crippen LogP contribution in [0.2, 0.25) is 0 Å². The second-order valence-electron chi connectivity index (χ2n) is 15.6. The number of amides is 1. The number of cyclic esters (lactones) is 1. The number of rotatable bonds is 9. The van der Waals surface area contributed by atoms with E-state index < -0.39 is 83.4 Å². The SMILES string of the molecule is CCC[C@H]1OC(=O)[C@H](C)C(=O)[C@H](C)[C@@H](OC2O[C@H](C)C[C@H](N(C)C)[C@H]2O)[C@](C)(OC/C=C/c2cccnc2)C[C@@H](C)C(=O)[C@H](C)[C@@H]2NC(=O)O[C@]12C. The average Bonchev–Trinajstić information content (AvgIpc) is 3.42. The molecule has 1 aromatic rings. The van der Waals surface area contributed by atoms with Gasteiger partial charge in [0.25, 0.3) is 0 Å². The molecule has 0 aromatic carbocycles. The molecular formula is C39H59N3O10. The average molecular weight is 730 g/mol. The van der Waals surface area contributed by atoms with E-state index in [-0.39, 0.29) is 31.0 Å². The standard InChI is InChI=1S/C39H59N3O10/c1-11-14-29-39(8)33(41-37(47)52-39)24(4)30(43)22(2)20-38(7,48-18-13-16-27-15-12-17-40-21-27)34(25(5)31(44)26(6)35(46)50-29)51-36-32(45)28(42(9)10)19-23(3)49-36/h12-13,15-17,21-26,28-29,32-34,36,45H,11,14,18-20H2,1-10H3,(H,41,47)/b16-13+/t22-,23-,24+,25+,26-,28+,29-,32-,33+,34-,36?,38-,39-/m1/s1. The zero-order chi connectivity index (χ0) is 38.5. The van der Waals surface area contributed by atoms with Crippen molar-refractivity contribution in [1.82, 2.24) is 15.2 Å². The van der Waals surface area contributed by atoms with Crippen LogP contribution in [0.3, 0.4) is 0 Å². The second kappa shape index (κ2) is 17.3. The zero-order valence-corrected chi connectivity index (χ0v) is 32.4. The van der Waals surface area contributed by atoms with Gasteiger partial charge >= 0.3 is 12.1 Å².